The molecule has 1 aromatic carbocycles. The summed E-state index contributed by atoms with van der Waals surface area (Å²) in [7, 11) is -0.878. The average Bonchev–Trinajstić information content (AvgIpc) is 3.43. The third-order valence-corrected chi connectivity index (χ3v) is 8.76. The van der Waals surface area contributed by atoms with E-state index in [9.17, 15) is 22.8 Å². The van der Waals surface area contributed by atoms with Gasteiger partial charge in [-0.25, -0.2) is 13.2 Å². The second-order valence-electron chi connectivity index (χ2n) is 7.74. The largest absolute Gasteiger partial charge is 0.453 e. The summed E-state index contributed by atoms with van der Waals surface area (Å²) in [5.41, 5.74) is 1.36. The molecule has 0 atom stereocenters. The van der Waals surface area contributed by atoms with Gasteiger partial charge in [0.15, 0.2) is 0 Å². The van der Waals surface area contributed by atoms with E-state index in [0.717, 1.165) is 43.2 Å². The van der Waals surface area contributed by atoms with Gasteiger partial charge in [-0.15, -0.1) is 11.3 Å². The predicted octanol–water partition coefficient (Wildman–Crippen LogP) is 2.77. The molecule has 4 rings (SSSR count). The standard InChI is InChI=1S/C21H23N3O6S2/c1-24(13-8-9-13)32(28,29)14-10-6-12(7-11-14)18(25)22-20-17(19(26)23-21(27)30-2)15-4-3-5-16(15)31-20/h6-7,10-11,13H,3-5,8-9H2,1-2H3,(H,22,25)(H,23,26,27). The van der Waals surface area contributed by atoms with Crippen LogP contribution < -0.4 is 10.6 Å². The van der Waals surface area contributed by atoms with Gasteiger partial charge in [0.05, 0.1) is 17.6 Å². The van der Waals surface area contributed by atoms with E-state index in [1.165, 1.54) is 39.9 Å². The highest BCUT2D eigenvalue weighted by atomic mass is 32.2. The molecule has 11 heteroatoms. The van der Waals surface area contributed by atoms with Gasteiger partial charge in [0, 0.05) is 23.5 Å². The van der Waals surface area contributed by atoms with Crippen molar-refractivity contribution in [2.45, 2.75) is 43.0 Å². The third-order valence-electron chi connectivity index (χ3n) is 5.63. The van der Waals surface area contributed by atoms with Crippen molar-refractivity contribution in [1.82, 2.24) is 9.62 Å². The van der Waals surface area contributed by atoms with E-state index in [1.807, 2.05) is 0 Å². The number of rotatable bonds is 6. The number of nitrogens with one attached hydrogen (secondary N) is 2. The fraction of sp³-hybridized carbons (Fsp3) is 0.381. The number of fused-ring (bicyclic) bond motifs is 1. The molecular weight excluding hydrogens is 454 g/mol. The molecule has 1 fully saturated rings. The van der Waals surface area contributed by atoms with Crippen molar-refractivity contribution in [2.24, 2.45) is 0 Å². The monoisotopic (exact) mass is 477 g/mol. The van der Waals surface area contributed by atoms with Gasteiger partial charge in [0.2, 0.25) is 10.0 Å². The summed E-state index contributed by atoms with van der Waals surface area (Å²) in [5, 5.41) is 5.25. The zero-order valence-corrected chi connectivity index (χ0v) is 19.3. The molecule has 1 aromatic heterocycles. The van der Waals surface area contributed by atoms with Gasteiger partial charge in [0.25, 0.3) is 11.8 Å². The molecular formula is C21H23N3O6S2. The first-order chi connectivity index (χ1) is 15.2. The lowest BCUT2D eigenvalue weighted by molar-refractivity contribution is 0.0937. The maximum Gasteiger partial charge on any atom is 0.413 e. The first-order valence-corrected chi connectivity index (χ1v) is 12.4. The van der Waals surface area contributed by atoms with Crippen LogP contribution in [0.25, 0.3) is 0 Å². The van der Waals surface area contributed by atoms with E-state index in [2.05, 4.69) is 15.4 Å². The minimum Gasteiger partial charge on any atom is -0.453 e. The first-order valence-electron chi connectivity index (χ1n) is 10.2. The molecule has 1 saturated carbocycles. The van der Waals surface area contributed by atoms with Gasteiger partial charge >= 0.3 is 6.09 Å². The van der Waals surface area contributed by atoms with E-state index >= 15 is 0 Å². The number of hydrogen-bond donors (Lipinski definition) is 2. The molecule has 2 N–H and O–H groups in total. The van der Waals surface area contributed by atoms with E-state index in [4.69, 9.17) is 0 Å². The Bertz CT molecular complexity index is 1180. The number of carbonyl (C=O) groups is 3. The summed E-state index contributed by atoms with van der Waals surface area (Å²) >= 11 is 1.31. The third kappa shape index (κ3) is 4.27. The Kier molecular flexibility index (Phi) is 6.06. The number of nitrogens with zero attached hydrogens (tertiary/aromatic N) is 1. The summed E-state index contributed by atoms with van der Waals surface area (Å²) in [6.45, 7) is 0. The highest BCUT2D eigenvalue weighted by molar-refractivity contribution is 7.89. The maximum atomic E-state index is 12.8. The van der Waals surface area contributed by atoms with Gasteiger partial charge in [-0.3, -0.25) is 14.9 Å². The number of anilines is 1. The topological polar surface area (TPSA) is 122 Å². The number of benzene rings is 1. The zero-order valence-electron chi connectivity index (χ0n) is 17.6. The molecule has 32 heavy (non-hydrogen) atoms. The van der Waals surface area contributed by atoms with Crippen LogP contribution in [-0.4, -0.2) is 50.8 Å². The molecule has 3 amide bonds. The summed E-state index contributed by atoms with van der Waals surface area (Å²) in [4.78, 5) is 38.1. The molecule has 9 nitrogen and oxygen atoms in total. The fourth-order valence-electron chi connectivity index (χ4n) is 3.69. The van der Waals surface area contributed by atoms with Crippen molar-refractivity contribution < 1.29 is 27.5 Å². The molecule has 0 spiro atoms. The van der Waals surface area contributed by atoms with Crippen LogP contribution >= 0.6 is 11.3 Å². The Morgan fingerprint density at radius 2 is 1.78 bits per heavy atom. The van der Waals surface area contributed by atoms with Gasteiger partial charge in [-0.2, -0.15) is 4.31 Å². The van der Waals surface area contributed by atoms with Crippen molar-refractivity contribution in [3.05, 3.63) is 45.8 Å². The van der Waals surface area contributed by atoms with Crippen LogP contribution in [0.15, 0.2) is 29.2 Å². The van der Waals surface area contributed by atoms with E-state index in [0.29, 0.717) is 11.4 Å². The van der Waals surface area contributed by atoms with Crippen molar-refractivity contribution >= 4 is 44.3 Å². The number of ether oxygens (including phenoxy) is 1. The Labute approximate surface area is 189 Å². The van der Waals surface area contributed by atoms with Gasteiger partial charge < -0.3 is 10.1 Å². The second-order valence-corrected chi connectivity index (χ2v) is 10.8. The Morgan fingerprint density at radius 1 is 1.09 bits per heavy atom. The predicted molar refractivity (Wildman–Crippen MR) is 119 cm³/mol. The van der Waals surface area contributed by atoms with Crippen LogP contribution in [0, 0.1) is 0 Å². The highest BCUT2D eigenvalue weighted by Gasteiger charge is 2.35. The lowest BCUT2D eigenvalue weighted by Crippen LogP contribution is -2.31. The number of sulfonamides is 1. The maximum absolute atomic E-state index is 12.8. The number of alkyl carbamates (subject to hydrolysis) is 1. The number of methoxy groups -OCH3 is 1. The van der Waals surface area contributed by atoms with Gasteiger partial charge in [-0.1, -0.05) is 0 Å². The smallest absolute Gasteiger partial charge is 0.413 e. The van der Waals surface area contributed by atoms with Gasteiger partial charge in [0.1, 0.15) is 5.00 Å². The minimum atomic E-state index is -3.60. The molecule has 2 aromatic rings. The molecule has 0 aliphatic heterocycles. The van der Waals surface area contributed by atoms with E-state index < -0.39 is 27.9 Å². The van der Waals surface area contributed by atoms with E-state index in [1.54, 1.807) is 7.05 Å². The highest BCUT2D eigenvalue weighted by Crippen LogP contribution is 2.39. The van der Waals surface area contributed by atoms with Gasteiger partial charge in [-0.05, 0) is 61.9 Å². The molecule has 0 saturated heterocycles. The molecule has 170 valence electrons. The quantitative estimate of drug-likeness (QED) is 0.660. The van der Waals surface area contributed by atoms with E-state index in [-0.39, 0.29) is 22.1 Å². The SMILES string of the molecule is COC(=O)NC(=O)c1c(NC(=O)c2ccc(S(=O)(=O)N(C)C3CC3)cc2)sc2c1CCC2. The van der Waals surface area contributed by atoms with Crippen LogP contribution in [-0.2, 0) is 27.6 Å². The lowest BCUT2D eigenvalue weighted by Gasteiger charge is -2.16. The number of amides is 3. The fourth-order valence-corrected chi connectivity index (χ4v) is 6.39. The number of carbonyl (C=O) groups excluding carboxylic acids is 3. The van der Waals surface area contributed by atoms with Crippen LogP contribution in [0.3, 0.4) is 0 Å². The normalized spacial score (nSPS) is 15.3. The van der Waals surface area contributed by atoms with Crippen molar-refractivity contribution in [1.29, 1.82) is 0 Å². The molecule has 1 heterocycles. The summed E-state index contributed by atoms with van der Waals surface area (Å²) < 4.78 is 31.1. The van der Waals surface area contributed by atoms with Crippen molar-refractivity contribution in [3.8, 4) is 0 Å². The minimum absolute atomic E-state index is 0.0401. The molecule has 2 aliphatic carbocycles. The Balaban J connectivity index is 1.54. The summed E-state index contributed by atoms with van der Waals surface area (Å²) in [5.74, 6) is -1.10. The number of imide groups is 1. The lowest BCUT2D eigenvalue weighted by atomic mass is 10.1. The number of aryl methyl sites for hydroxylation is 1. The summed E-state index contributed by atoms with van der Waals surface area (Å²) in [6.07, 6.45) is 3.22. The molecule has 2 aliphatic rings. The Hall–Kier alpha value is -2.76. The van der Waals surface area contributed by atoms with Crippen molar-refractivity contribution in [3.63, 3.8) is 0 Å². The van der Waals surface area contributed by atoms with Crippen molar-refractivity contribution in [2.75, 3.05) is 19.5 Å². The molecule has 0 bridgehead atoms. The second kappa shape index (κ2) is 8.64. The zero-order chi connectivity index (χ0) is 23.0. The number of thiophene rings is 1. The van der Waals surface area contributed by atoms with Crippen LogP contribution in [0.5, 0.6) is 0 Å². The first kappa shape index (κ1) is 22.4. The summed E-state index contributed by atoms with van der Waals surface area (Å²) in [6, 6.07) is 5.74. The van der Waals surface area contributed by atoms with Crippen LogP contribution in [0.4, 0.5) is 9.80 Å². The molecule has 0 radical (unpaired) electrons. The van der Waals surface area contributed by atoms with Crippen LogP contribution in [0.1, 0.15) is 50.4 Å². The van der Waals surface area contributed by atoms with Crippen LogP contribution in [0.2, 0.25) is 0 Å². The number of hydrogen-bond acceptors (Lipinski definition) is 7. The molecule has 0 unspecified atom stereocenters. The average molecular weight is 478 g/mol. The Morgan fingerprint density at radius 3 is 2.41 bits per heavy atom.